The minimum absolute atomic E-state index is 0.0317. The molecule has 0 saturated heterocycles. The van der Waals surface area contributed by atoms with E-state index in [1.54, 1.807) is 18.2 Å². The molecule has 2 aromatic carbocycles. The van der Waals surface area contributed by atoms with Gasteiger partial charge >= 0.3 is 0 Å². The van der Waals surface area contributed by atoms with E-state index in [2.05, 4.69) is 44.4 Å². The van der Waals surface area contributed by atoms with Gasteiger partial charge in [0.15, 0.2) is 0 Å². The Kier molecular flexibility index (Phi) is 5.68. The summed E-state index contributed by atoms with van der Waals surface area (Å²) < 4.78 is 0. The highest BCUT2D eigenvalue weighted by Crippen LogP contribution is 2.59. The van der Waals surface area contributed by atoms with Gasteiger partial charge in [0.2, 0.25) is 5.91 Å². The molecule has 0 unspecified atom stereocenters. The van der Waals surface area contributed by atoms with Crippen LogP contribution in [0.3, 0.4) is 0 Å². The lowest BCUT2D eigenvalue weighted by Crippen LogP contribution is -2.25. The molecule has 0 spiro atoms. The molecular weight excluding hydrogens is 348 g/mol. The van der Waals surface area contributed by atoms with Gasteiger partial charge in [-0.15, -0.1) is 0 Å². The Balaban J connectivity index is 1.69. The summed E-state index contributed by atoms with van der Waals surface area (Å²) in [6, 6.07) is 16.9. The molecule has 0 aliphatic heterocycles. The smallest absolute Gasteiger partial charge is 0.253 e. The fraction of sp³-hybridized carbons (Fsp3) is 0.333. The van der Waals surface area contributed by atoms with Crippen LogP contribution in [0.15, 0.2) is 66.2 Å². The zero-order valence-corrected chi connectivity index (χ0v) is 17.0. The molecule has 2 aromatic rings. The maximum atomic E-state index is 12.9. The zero-order chi connectivity index (χ0) is 20.3. The van der Waals surface area contributed by atoms with Crippen LogP contribution < -0.4 is 10.6 Å². The van der Waals surface area contributed by atoms with Gasteiger partial charge in [0, 0.05) is 6.54 Å². The highest BCUT2D eigenvalue weighted by atomic mass is 16.2. The van der Waals surface area contributed by atoms with E-state index < -0.39 is 0 Å². The first kappa shape index (κ1) is 19.9. The van der Waals surface area contributed by atoms with Crippen molar-refractivity contribution >= 4 is 17.5 Å². The predicted molar refractivity (Wildman–Crippen MR) is 113 cm³/mol. The van der Waals surface area contributed by atoms with E-state index in [9.17, 15) is 9.59 Å². The van der Waals surface area contributed by atoms with Crippen LogP contribution in [0.4, 0.5) is 5.69 Å². The molecule has 28 heavy (non-hydrogen) atoms. The van der Waals surface area contributed by atoms with Crippen LogP contribution in [-0.4, -0.2) is 11.8 Å². The second-order valence-corrected chi connectivity index (χ2v) is 8.27. The molecule has 0 heterocycles. The van der Waals surface area contributed by atoms with Gasteiger partial charge in [-0.2, -0.15) is 0 Å². The number of carbonyl (C=O) groups is 2. The first-order chi connectivity index (χ1) is 13.3. The van der Waals surface area contributed by atoms with Crippen LogP contribution in [0.5, 0.6) is 0 Å². The molecule has 0 aromatic heterocycles. The summed E-state index contributed by atoms with van der Waals surface area (Å²) in [5, 5.41) is 5.91. The van der Waals surface area contributed by atoms with E-state index in [-0.39, 0.29) is 29.1 Å². The summed E-state index contributed by atoms with van der Waals surface area (Å²) in [5.74, 6) is -0.0779. The molecule has 2 amide bonds. The Hall–Kier alpha value is -2.88. The summed E-state index contributed by atoms with van der Waals surface area (Å²) in [4.78, 5) is 25.5. The Morgan fingerprint density at radius 2 is 1.64 bits per heavy atom. The number of nitrogens with one attached hydrogen (secondary N) is 2. The van der Waals surface area contributed by atoms with Gasteiger partial charge in [-0.25, -0.2) is 0 Å². The molecule has 1 aliphatic carbocycles. The van der Waals surface area contributed by atoms with Gasteiger partial charge in [0.25, 0.3) is 5.91 Å². The van der Waals surface area contributed by atoms with Crippen molar-refractivity contribution < 1.29 is 9.59 Å². The molecule has 0 bridgehead atoms. The minimum Gasteiger partial charge on any atom is -0.348 e. The maximum absolute atomic E-state index is 12.9. The van der Waals surface area contributed by atoms with Gasteiger partial charge in [-0.1, -0.05) is 68.0 Å². The van der Waals surface area contributed by atoms with Crippen molar-refractivity contribution in [1.29, 1.82) is 0 Å². The van der Waals surface area contributed by atoms with Crippen molar-refractivity contribution in [2.75, 3.05) is 5.32 Å². The molecule has 4 nitrogen and oxygen atoms in total. The van der Waals surface area contributed by atoms with Crippen molar-refractivity contribution in [1.82, 2.24) is 5.32 Å². The first-order valence-corrected chi connectivity index (χ1v) is 9.67. The molecule has 0 radical (unpaired) electrons. The largest absolute Gasteiger partial charge is 0.348 e. The highest BCUT2D eigenvalue weighted by Gasteiger charge is 2.60. The van der Waals surface area contributed by atoms with E-state index in [0.29, 0.717) is 17.8 Å². The van der Waals surface area contributed by atoms with Gasteiger partial charge < -0.3 is 10.6 Å². The molecule has 1 saturated carbocycles. The number of para-hydroxylation sites is 1. The van der Waals surface area contributed by atoms with Crippen LogP contribution >= 0.6 is 0 Å². The van der Waals surface area contributed by atoms with E-state index in [0.717, 1.165) is 5.56 Å². The third kappa shape index (κ3) is 4.33. The maximum Gasteiger partial charge on any atom is 0.253 e. The van der Waals surface area contributed by atoms with E-state index in [1.807, 2.05) is 36.4 Å². The molecule has 1 aliphatic rings. The standard InChI is InChI=1S/C24H28N2O2/c1-16(2)14-19-21(24(19,3)4)23(28)26-20-13-9-8-12-18(20)22(27)25-15-17-10-6-5-7-11-17/h5-14,19,21H,15H2,1-4H3,(H,25,27)(H,26,28)/t19-,21-/m0/s1. The number of anilines is 1. The number of amides is 2. The second-order valence-electron chi connectivity index (χ2n) is 8.27. The van der Waals surface area contributed by atoms with Crippen LogP contribution in [0.25, 0.3) is 0 Å². The lowest BCUT2D eigenvalue weighted by Gasteiger charge is -2.12. The monoisotopic (exact) mass is 376 g/mol. The van der Waals surface area contributed by atoms with Gasteiger partial charge in [-0.05, 0) is 42.9 Å². The minimum atomic E-state index is -0.198. The molecule has 1 fully saturated rings. The third-order valence-electron chi connectivity index (χ3n) is 5.43. The lowest BCUT2D eigenvalue weighted by atomic mass is 10.1. The molecule has 4 heteroatoms. The number of allylic oxidation sites excluding steroid dienone is 2. The van der Waals surface area contributed by atoms with Crippen molar-refractivity contribution in [2.24, 2.45) is 17.3 Å². The van der Waals surface area contributed by atoms with Crippen molar-refractivity contribution in [3.63, 3.8) is 0 Å². The van der Waals surface area contributed by atoms with Crippen molar-refractivity contribution in [2.45, 2.75) is 34.2 Å². The average molecular weight is 377 g/mol. The van der Waals surface area contributed by atoms with Crippen LogP contribution in [0.1, 0.15) is 43.6 Å². The number of benzene rings is 2. The predicted octanol–water partition coefficient (Wildman–Crippen LogP) is 4.79. The number of rotatable bonds is 6. The summed E-state index contributed by atoms with van der Waals surface area (Å²) in [6.45, 7) is 8.77. The molecule has 3 rings (SSSR count). The normalized spacial score (nSPS) is 19.4. The van der Waals surface area contributed by atoms with Crippen LogP contribution in [-0.2, 0) is 11.3 Å². The van der Waals surface area contributed by atoms with Crippen LogP contribution in [0, 0.1) is 17.3 Å². The van der Waals surface area contributed by atoms with Crippen molar-refractivity contribution in [3.05, 3.63) is 77.4 Å². The highest BCUT2D eigenvalue weighted by molar-refractivity contribution is 6.05. The number of hydrogen-bond acceptors (Lipinski definition) is 2. The quantitative estimate of drug-likeness (QED) is 0.712. The van der Waals surface area contributed by atoms with Crippen LogP contribution in [0.2, 0.25) is 0 Å². The Bertz CT molecular complexity index is 896. The fourth-order valence-corrected chi connectivity index (χ4v) is 3.72. The van der Waals surface area contributed by atoms with E-state index in [4.69, 9.17) is 0 Å². The average Bonchev–Trinajstić information content (AvgIpc) is 3.20. The lowest BCUT2D eigenvalue weighted by molar-refractivity contribution is -0.118. The molecule has 2 atom stereocenters. The van der Waals surface area contributed by atoms with Crippen molar-refractivity contribution in [3.8, 4) is 0 Å². The SMILES string of the molecule is CC(C)=C[C@H]1[C@@H](C(=O)Nc2ccccc2C(=O)NCc2ccccc2)C1(C)C. The first-order valence-electron chi connectivity index (χ1n) is 9.67. The molecular formula is C24H28N2O2. The molecule has 146 valence electrons. The second kappa shape index (κ2) is 8.01. The number of carbonyl (C=O) groups excluding carboxylic acids is 2. The Labute approximate surface area is 167 Å². The summed E-state index contributed by atoms with van der Waals surface area (Å²) in [5.41, 5.74) is 3.21. The Morgan fingerprint density at radius 3 is 2.32 bits per heavy atom. The van der Waals surface area contributed by atoms with Gasteiger partial charge in [-0.3, -0.25) is 9.59 Å². The third-order valence-corrected chi connectivity index (χ3v) is 5.43. The van der Waals surface area contributed by atoms with E-state index in [1.165, 1.54) is 5.57 Å². The topological polar surface area (TPSA) is 58.2 Å². The zero-order valence-electron chi connectivity index (χ0n) is 17.0. The Morgan fingerprint density at radius 1 is 1.00 bits per heavy atom. The van der Waals surface area contributed by atoms with Gasteiger partial charge in [0.05, 0.1) is 17.2 Å². The van der Waals surface area contributed by atoms with E-state index >= 15 is 0 Å². The summed E-state index contributed by atoms with van der Waals surface area (Å²) >= 11 is 0. The summed E-state index contributed by atoms with van der Waals surface area (Å²) in [7, 11) is 0. The molecule has 2 N–H and O–H groups in total. The number of hydrogen-bond donors (Lipinski definition) is 2. The fourth-order valence-electron chi connectivity index (χ4n) is 3.72. The van der Waals surface area contributed by atoms with Gasteiger partial charge in [0.1, 0.15) is 0 Å². The summed E-state index contributed by atoms with van der Waals surface area (Å²) in [6.07, 6.45) is 2.17.